The maximum absolute atomic E-state index is 11.6. The van der Waals surface area contributed by atoms with Crippen LogP contribution in [-0.2, 0) is 23.4 Å². The van der Waals surface area contributed by atoms with E-state index in [1.54, 1.807) is 0 Å². The van der Waals surface area contributed by atoms with Crippen molar-refractivity contribution >= 4 is 24.6 Å². The highest BCUT2D eigenvalue weighted by molar-refractivity contribution is 6.99. The van der Waals surface area contributed by atoms with E-state index < -0.39 is 14.1 Å². The Morgan fingerprint density at radius 2 is 1.53 bits per heavy atom. The second-order valence-electron chi connectivity index (χ2n) is 10.8. The third-order valence-corrected chi connectivity index (χ3v) is 11.9. The highest BCUT2D eigenvalue weighted by atomic mass is 28.4. The number of benzene rings is 2. The van der Waals surface area contributed by atoms with Crippen molar-refractivity contribution in [2.75, 3.05) is 13.2 Å². The average Bonchev–Trinajstić information content (AvgIpc) is 3.11. The van der Waals surface area contributed by atoms with Crippen LogP contribution in [0.5, 0.6) is 0 Å². The highest BCUT2D eigenvalue weighted by Gasteiger charge is 2.54. The lowest BCUT2D eigenvalue weighted by Gasteiger charge is -2.45. The Balaban J connectivity index is 1.66. The van der Waals surface area contributed by atoms with Crippen LogP contribution in [0.15, 0.2) is 60.7 Å². The largest absolute Gasteiger partial charge is 0.405 e. The maximum atomic E-state index is 11.6. The quantitative estimate of drug-likeness (QED) is 0.613. The van der Waals surface area contributed by atoms with Crippen LogP contribution in [0.25, 0.3) is 0 Å². The van der Waals surface area contributed by atoms with Gasteiger partial charge in [-0.15, -0.1) is 0 Å². The van der Waals surface area contributed by atoms with Gasteiger partial charge >= 0.3 is 0 Å². The number of fused-ring (bicyclic) bond motifs is 1. The zero-order valence-corrected chi connectivity index (χ0v) is 21.8. The normalized spacial score (nSPS) is 26.7. The van der Waals surface area contributed by atoms with E-state index in [-0.39, 0.29) is 41.6 Å². The number of amides is 1. The van der Waals surface area contributed by atoms with Crippen molar-refractivity contribution in [3.8, 4) is 0 Å². The minimum absolute atomic E-state index is 0.131. The monoisotopic (exact) mass is 483 g/mol. The van der Waals surface area contributed by atoms with Gasteiger partial charge in [0.1, 0.15) is 12.2 Å². The van der Waals surface area contributed by atoms with Crippen LogP contribution in [0.2, 0.25) is 5.04 Å². The van der Waals surface area contributed by atoms with Gasteiger partial charge in [0.25, 0.3) is 8.32 Å². The number of ether oxygens (including phenoxy) is 3. The van der Waals surface area contributed by atoms with Gasteiger partial charge in [0.2, 0.25) is 5.91 Å². The summed E-state index contributed by atoms with van der Waals surface area (Å²) in [5.74, 6) is -1.25. The van der Waals surface area contributed by atoms with Gasteiger partial charge in [-0.25, -0.2) is 0 Å². The fraction of sp³-hybridized carbons (Fsp3) is 0.519. The molecule has 2 aliphatic heterocycles. The van der Waals surface area contributed by atoms with Gasteiger partial charge in [0, 0.05) is 12.3 Å². The predicted molar refractivity (Wildman–Crippen MR) is 134 cm³/mol. The van der Waals surface area contributed by atoms with Gasteiger partial charge in [-0.1, -0.05) is 81.4 Å². The van der Waals surface area contributed by atoms with Crippen LogP contribution < -0.4 is 16.1 Å². The third kappa shape index (κ3) is 4.85. The lowest BCUT2D eigenvalue weighted by Crippen LogP contribution is -2.67. The minimum Gasteiger partial charge on any atom is -0.405 e. The zero-order valence-electron chi connectivity index (χ0n) is 20.8. The second-order valence-corrected chi connectivity index (χ2v) is 15.1. The number of carbonyl (C=O) groups is 1. The number of nitrogens with two attached hydrogens (primary N) is 1. The minimum atomic E-state index is -2.71. The van der Waals surface area contributed by atoms with Gasteiger partial charge in [-0.3, -0.25) is 4.79 Å². The summed E-state index contributed by atoms with van der Waals surface area (Å²) in [5.41, 5.74) is 5.49. The van der Waals surface area contributed by atoms with Crippen molar-refractivity contribution in [1.29, 1.82) is 0 Å². The Kier molecular flexibility index (Phi) is 7.04. The van der Waals surface area contributed by atoms with Crippen LogP contribution in [0, 0.1) is 5.92 Å². The number of primary amides is 1. The molecule has 2 aromatic rings. The van der Waals surface area contributed by atoms with Crippen molar-refractivity contribution in [1.82, 2.24) is 0 Å². The van der Waals surface area contributed by atoms with Crippen LogP contribution in [-0.4, -0.2) is 51.5 Å². The molecule has 0 saturated carbocycles. The zero-order chi connectivity index (χ0) is 24.6. The molecule has 0 unspecified atom stereocenters. The van der Waals surface area contributed by atoms with Crippen molar-refractivity contribution in [3.63, 3.8) is 0 Å². The molecule has 4 atom stereocenters. The van der Waals surface area contributed by atoms with E-state index in [9.17, 15) is 4.79 Å². The van der Waals surface area contributed by atoms with Gasteiger partial charge in [-0.2, -0.15) is 0 Å². The number of hydrogen-bond donors (Lipinski definition) is 1. The molecule has 2 aliphatic rings. The van der Waals surface area contributed by atoms with E-state index in [0.29, 0.717) is 13.2 Å². The van der Waals surface area contributed by atoms with Crippen molar-refractivity contribution in [2.24, 2.45) is 11.7 Å². The van der Waals surface area contributed by atoms with Crippen LogP contribution in [0.1, 0.15) is 41.0 Å². The van der Waals surface area contributed by atoms with E-state index in [4.69, 9.17) is 24.4 Å². The Bertz CT molecular complexity index is 936. The first-order valence-electron chi connectivity index (χ1n) is 12.0. The Morgan fingerprint density at radius 3 is 2.03 bits per heavy atom. The molecule has 0 aliphatic carbocycles. The van der Waals surface area contributed by atoms with E-state index in [1.165, 1.54) is 10.4 Å². The maximum Gasteiger partial charge on any atom is 0.261 e. The number of hydrogen-bond acceptors (Lipinski definition) is 5. The van der Waals surface area contributed by atoms with E-state index >= 15 is 0 Å². The molecule has 2 fully saturated rings. The fourth-order valence-corrected chi connectivity index (χ4v) is 10.0. The van der Waals surface area contributed by atoms with E-state index in [1.807, 2.05) is 26.0 Å². The van der Waals surface area contributed by atoms with Crippen LogP contribution >= 0.6 is 0 Å². The van der Waals surface area contributed by atoms with E-state index in [2.05, 4.69) is 69.3 Å². The molecule has 4 rings (SSSR count). The first-order chi connectivity index (χ1) is 16.0. The molecule has 34 heavy (non-hydrogen) atoms. The highest BCUT2D eigenvalue weighted by Crippen LogP contribution is 2.41. The molecule has 2 saturated heterocycles. The molecule has 2 aromatic carbocycles. The Hall–Kier alpha value is -2.03. The number of carbonyl (C=O) groups excluding carboxylic acids is 1. The standard InChI is InChI=1S/C27H37NO5Si/c1-26(2,3)34(20-12-8-6-9-13-20,21-14-10-7-11-15-21)31-18-22-25-24(32-27(4,5)33-25)19(17-30-22)16-23(28)29/h6-15,19,22,24-25H,16-18H2,1-5H3,(H2,28,29)/t19-,22+,24+,25-/m0/s1. The molecule has 0 aromatic heterocycles. The summed E-state index contributed by atoms with van der Waals surface area (Å²) in [4.78, 5) is 11.6. The molecule has 2 heterocycles. The summed E-state index contributed by atoms with van der Waals surface area (Å²) in [6, 6.07) is 21.1. The Morgan fingerprint density at radius 1 is 1.00 bits per heavy atom. The molecule has 0 spiro atoms. The molecular weight excluding hydrogens is 446 g/mol. The van der Waals surface area contributed by atoms with Gasteiger partial charge < -0.3 is 24.4 Å². The van der Waals surface area contributed by atoms with Crippen LogP contribution in [0.3, 0.4) is 0 Å². The summed E-state index contributed by atoms with van der Waals surface area (Å²) in [6.07, 6.45) is -0.684. The molecule has 0 bridgehead atoms. The topological polar surface area (TPSA) is 80.0 Å². The van der Waals surface area contributed by atoms with Gasteiger partial charge in [0.05, 0.1) is 19.3 Å². The molecule has 0 radical (unpaired) electrons. The first kappa shape index (κ1) is 25.1. The number of rotatable bonds is 7. The lowest BCUT2D eigenvalue weighted by atomic mass is 9.90. The molecular formula is C27H37NO5Si. The SMILES string of the molecule is CC1(C)O[C@@H]2[C@@H](CC(N)=O)CO[C@H](CO[Si](c3ccccc3)(c3ccccc3)C(C)(C)C)[C@@H]2O1. The third-order valence-electron chi connectivity index (χ3n) is 6.86. The smallest absolute Gasteiger partial charge is 0.261 e. The molecule has 1 amide bonds. The van der Waals surface area contributed by atoms with Gasteiger partial charge in [-0.05, 0) is 29.3 Å². The van der Waals surface area contributed by atoms with Crippen molar-refractivity contribution in [3.05, 3.63) is 60.7 Å². The summed E-state index contributed by atoms with van der Waals surface area (Å²) >= 11 is 0. The summed E-state index contributed by atoms with van der Waals surface area (Å²) in [7, 11) is -2.71. The predicted octanol–water partition coefficient (Wildman–Crippen LogP) is 2.97. The summed E-state index contributed by atoms with van der Waals surface area (Å²) in [6.45, 7) is 11.3. The first-order valence-corrected chi connectivity index (χ1v) is 13.9. The fourth-order valence-electron chi connectivity index (χ4n) is 5.45. The van der Waals surface area contributed by atoms with Gasteiger partial charge in [0.15, 0.2) is 5.79 Å². The molecule has 6 nitrogen and oxygen atoms in total. The average molecular weight is 484 g/mol. The van der Waals surface area contributed by atoms with E-state index in [0.717, 1.165) is 0 Å². The lowest BCUT2D eigenvalue weighted by molar-refractivity contribution is -0.156. The van der Waals surface area contributed by atoms with Crippen molar-refractivity contribution in [2.45, 2.75) is 70.2 Å². The van der Waals surface area contributed by atoms with Crippen LogP contribution in [0.4, 0.5) is 0 Å². The molecule has 2 N–H and O–H groups in total. The Labute approximate surface area is 203 Å². The van der Waals surface area contributed by atoms with Crippen molar-refractivity contribution < 1.29 is 23.4 Å². The summed E-state index contributed by atoms with van der Waals surface area (Å²) < 4.78 is 25.8. The molecule has 7 heteroatoms. The summed E-state index contributed by atoms with van der Waals surface area (Å²) in [5, 5.41) is 2.30. The molecule has 184 valence electrons. The second kappa shape index (κ2) is 9.55.